The van der Waals surface area contributed by atoms with Gasteiger partial charge in [-0.05, 0) is 92.5 Å². The lowest BCUT2D eigenvalue weighted by molar-refractivity contribution is -0.107. The van der Waals surface area contributed by atoms with Gasteiger partial charge in [-0.3, -0.25) is 10.3 Å². The molecule has 3 fully saturated rings. The van der Waals surface area contributed by atoms with Crippen molar-refractivity contribution in [2.45, 2.75) is 56.9 Å². The number of amides is 2. The molecule has 1 atom stereocenters. The van der Waals surface area contributed by atoms with Crippen molar-refractivity contribution in [2.75, 3.05) is 79.8 Å². The molecule has 2 amide bonds. The van der Waals surface area contributed by atoms with Crippen LogP contribution in [0.5, 0.6) is 0 Å². The number of hydrogen-bond acceptors (Lipinski definition) is 8. The van der Waals surface area contributed by atoms with Gasteiger partial charge in [-0.25, -0.2) is 4.79 Å². The van der Waals surface area contributed by atoms with Crippen LogP contribution in [0.1, 0.15) is 68.0 Å². The van der Waals surface area contributed by atoms with Crippen molar-refractivity contribution in [3.8, 4) is 6.07 Å². The Bertz CT molecular complexity index is 2040. The largest absolute Gasteiger partial charge is 0.396 e. The van der Waals surface area contributed by atoms with Crippen LogP contribution in [0.25, 0.3) is 10.9 Å². The summed E-state index contributed by atoms with van der Waals surface area (Å²) in [6.45, 7) is 7.54. The van der Waals surface area contributed by atoms with Crippen molar-refractivity contribution in [1.29, 1.82) is 10.7 Å². The average Bonchev–Trinajstić information content (AvgIpc) is 3.66. The number of hydrogen-bond donors (Lipinski definition) is 3. The molecule has 0 radical (unpaired) electrons. The van der Waals surface area contributed by atoms with Crippen molar-refractivity contribution in [1.82, 2.24) is 14.8 Å². The summed E-state index contributed by atoms with van der Waals surface area (Å²) in [7, 11) is 1.62. The van der Waals surface area contributed by atoms with Crippen LogP contribution in [0.2, 0.25) is 5.02 Å². The Morgan fingerprint density at radius 2 is 1.76 bits per heavy atom. The SMILES string of the molecule is CNC(=O)N(CCC=O)c1cccc2c1ccn2C1CCN(CC2CCN(c3ccc([C@H]4CCCN(c5ccc(Cl)c(C(=N)C#N)c5N)C4)cc3)CC2)CC1. The number of piperidine rings is 3. The highest BCUT2D eigenvalue weighted by Gasteiger charge is 2.28. The molecule has 288 valence electrons. The minimum absolute atomic E-state index is 0.207. The van der Waals surface area contributed by atoms with Crippen LogP contribution >= 0.6 is 11.6 Å². The fraction of sp³-hybridized carbons (Fsp3) is 0.442. The monoisotopic (exact) mass is 761 g/mol. The summed E-state index contributed by atoms with van der Waals surface area (Å²) in [6.07, 6.45) is 10.1. The van der Waals surface area contributed by atoms with E-state index in [2.05, 4.69) is 67.2 Å². The summed E-state index contributed by atoms with van der Waals surface area (Å²) >= 11 is 6.32. The van der Waals surface area contributed by atoms with Crippen molar-refractivity contribution < 1.29 is 9.59 Å². The van der Waals surface area contributed by atoms with E-state index in [-0.39, 0.29) is 11.7 Å². The van der Waals surface area contributed by atoms with Crippen LogP contribution < -0.4 is 25.8 Å². The molecule has 4 heterocycles. The lowest BCUT2D eigenvalue weighted by Crippen LogP contribution is -2.41. The summed E-state index contributed by atoms with van der Waals surface area (Å²) in [5.41, 5.74) is 12.4. The first-order valence-corrected chi connectivity index (χ1v) is 20.1. The number of carbonyl (C=O) groups is 2. The van der Waals surface area contributed by atoms with Gasteiger partial charge in [0.05, 0.1) is 33.2 Å². The fourth-order valence-electron chi connectivity index (χ4n) is 9.09. The lowest BCUT2D eigenvalue weighted by Gasteiger charge is -2.39. The Morgan fingerprint density at radius 3 is 2.47 bits per heavy atom. The topological polar surface area (TPSA) is 138 Å². The van der Waals surface area contributed by atoms with Crippen LogP contribution in [0.15, 0.2) is 66.9 Å². The third kappa shape index (κ3) is 8.17. The number of fused-ring (bicyclic) bond motifs is 1. The molecule has 4 aromatic rings. The maximum atomic E-state index is 12.7. The number of carbonyl (C=O) groups excluding carboxylic acids is 2. The molecule has 3 aliphatic heterocycles. The van der Waals surface area contributed by atoms with Gasteiger partial charge >= 0.3 is 6.03 Å². The average molecular weight is 762 g/mol. The second kappa shape index (κ2) is 17.2. The Hall–Kier alpha value is -5.05. The normalized spacial score (nSPS) is 18.6. The van der Waals surface area contributed by atoms with Gasteiger partial charge < -0.3 is 35.1 Å². The van der Waals surface area contributed by atoms with E-state index in [4.69, 9.17) is 22.7 Å². The number of urea groups is 1. The number of benzene rings is 3. The lowest BCUT2D eigenvalue weighted by atomic mass is 9.89. The van der Waals surface area contributed by atoms with E-state index in [1.807, 2.05) is 24.3 Å². The number of aromatic nitrogens is 1. The molecule has 11 nitrogen and oxygen atoms in total. The maximum absolute atomic E-state index is 12.7. The highest BCUT2D eigenvalue weighted by atomic mass is 35.5. The van der Waals surface area contributed by atoms with Gasteiger partial charge in [0, 0.05) is 95.1 Å². The molecule has 3 saturated heterocycles. The van der Waals surface area contributed by atoms with Crippen LogP contribution in [-0.4, -0.2) is 86.9 Å². The molecular formula is C43H52ClN9O2. The Labute approximate surface area is 329 Å². The molecule has 0 aliphatic carbocycles. The summed E-state index contributed by atoms with van der Waals surface area (Å²) in [5, 5.41) is 21.4. The van der Waals surface area contributed by atoms with Gasteiger partial charge in [0.1, 0.15) is 18.1 Å². The van der Waals surface area contributed by atoms with Crippen molar-refractivity contribution >= 4 is 63.3 Å². The zero-order valence-electron chi connectivity index (χ0n) is 31.7. The first-order chi connectivity index (χ1) is 26.8. The van der Waals surface area contributed by atoms with E-state index >= 15 is 0 Å². The quantitative estimate of drug-likeness (QED) is 0.0821. The molecular weight excluding hydrogens is 710 g/mol. The fourth-order valence-corrected chi connectivity index (χ4v) is 9.35. The number of halogens is 1. The molecule has 0 spiro atoms. The van der Waals surface area contributed by atoms with Gasteiger partial charge in [-0.15, -0.1) is 0 Å². The predicted octanol–water partition coefficient (Wildman–Crippen LogP) is 7.44. The molecule has 0 bridgehead atoms. The molecule has 4 N–H and O–H groups in total. The number of nitrogens with one attached hydrogen (secondary N) is 2. The molecule has 3 aromatic carbocycles. The first-order valence-electron chi connectivity index (χ1n) is 19.7. The second-order valence-corrected chi connectivity index (χ2v) is 15.7. The number of nitrogens with zero attached hydrogens (tertiary/aromatic N) is 6. The summed E-state index contributed by atoms with van der Waals surface area (Å²) in [4.78, 5) is 32.9. The minimum atomic E-state index is -0.210. The summed E-state index contributed by atoms with van der Waals surface area (Å²) < 4.78 is 2.39. The molecule has 0 unspecified atom stereocenters. The van der Waals surface area contributed by atoms with Gasteiger partial charge in [0.15, 0.2) is 0 Å². The number of rotatable bonds is 11. The van der Waals surface area contributed by atoms with Crippen LogP contribution in [-0.2, 0) is 4.79 Å². The zero-order chi connectivity index (χ0) is 38.5. The zero-order valence-corrected chi connectivity index (χ0v) is 32.5. The second-order valence-electron chi connectivity index (χ2n) is 15.3. The number of nitriles is 1. The third-order valence-corrected chi connectivity index (χ3v) is 12.4. The predicted molar refractivity (Wildman–Crippen MR) is 223 cm³/mol. The number of anilines is 4. The van der Waals surface area contributed by atoms with Gasteiger partial charge in [0.2, 0.25) is 0 Å². The van der Waals surface area contributed by atoms with Gasteiger partial charge in [-0.2, -0.15) is 5.26 Å². The molecule has 3 aliphatic rings. The van der Waals surface area contributed by atoms with E-state index in [1.54, 1.807) is 18.0 Å². The van der Waals surface area contributed by atoms with Crippen molar-refractivity contribution in [3.05, 3.63) is 83.0 Å². The molecule has 12 heteroatoms. The maximum Gasteiger partial charge on any atom is 0.321 e. The third-order valence-electron chi connectivity index (χ3n) is 12.1. The number of aldehydes is 1. The smallest absolute Gasteiger partial charge is 0.321 e. The summed E-state index contributed by atoms with van der Waals surface area (Å²) in [5.74, 6) is 1.08. The summed E-state index contributed by atoms with van der Waals surface area (Å²) in [6, 6.07) is 23.1. The van der Waals surface area contributed by atoms with E-state index < -0.39 is 0 Å². The van der Waals surface area contributed by atoms with Crippen molar-refractivity contribution in [3.63, 3.8) is 0 Å². The Morgan fingerprint density at radius 1 is 1.00 bits per heavy atom. The minimum Gasteiger partial charge on any atom is -0.396 e. The highest BCUT2D eigenvalue weighted by molar-refractivity contribution is 6.36. The highest BCUT2D eigenvalue weighted by Crippen LogP contribution is 2.38. The van der Waals surface area contributed by atoms with Gasteiger partial charge in [0.25, 0.3) is 0 Å². The van der Waals surface area contributed by atoms with E-state index in [9.17, 15) is 14.9 Å². The molecule has 0 saturated carbocycles. The molecule has 1 aromatic heterocycles. The Kier molecular flexibility index (Phi) is 11.9. The Balaban J connectivity index is 0.899. The van der Waals surface area contributed by atoms with E-state index in [0.717, 1.165) is 100 Å². The van der Waals surface area contributed by atoms with Gasteiger partial charge in [-0.1, -0.05) is 29.8 Å². The van der Waals surface area contributed by atoms with Crippen LogP contribution in [0.3, 0.4) is 0 Å². The van der Waals surface area contributed by atoms with E-state index in [0.29, 0.717) is 47.1 Å². The van der Waals surface area contributed by atoms with Crippen LogP contribution in [0, 0.1) is 22.7 Å². The molecule has 55 heavy (non-hydrogen) atoms. The van der Waals surface area contributed by atoms with Crippen molar-refractivity contribution in [2.24, 2.45) is 5.92 Å². The van der Waals surface area contributed by atoms with Crippen LogP contribution in [0.4, 0.5) is 27.5 Å². The number of nitrogen functional groups attached to an aromatic ring is 1. The molecule has 7 rings (SSSR count). The number of likely N-dealkylation sites (tertiary alicyclic amines) is 1. The standard InChI is InChI=1S/C43H52ClN9O2/c1-48-43(55)53(20-4-26-54)39-7-2-6-38-35(39)18-25-52(38)34-16-21-49(22-17-34)28-30-14-23-50(24-15-30)33-10-8-31(9-11-33)32-5-3-19-51(29-32)40-13-12-36(44)41(42(40)47)37(46)27-45/h2,6-13,18,25-26,30,32,34,46H,3-5,14-17,19-24,28-29,47H2,1H3,(H,48,55)/t32-/m0/s1. The number of nitrogens with two attached hydrogens (primary N) is 1. The van der Waals surface area contributed by atoms with E-state index in [1.165, 1.54) is 24.1 Å². The first kappa shape index (κ1) is 38.2.